The van der Waals surface area contributed by atoms with Crippen molar-refractivity contribution in [2.45, 2.75) is 69.9 Å². The summed E-state index contributed by atoms with van der Waals surface area (Å²) in [4.78, 5) is 25.6. The Kier molecular flexibility index (Phi) is 8.91. The van der Waals surface area contributed by atoms with Crippen LogP contribution in [0, 0.1) is 5.92 Å². The zero-order chi connectivity index (χ0) is 23.9. The maximum Gasteiger partial charge on any atom is 0.410 e. The van der Waals surface area contributed by atoms with E-state index in [0.717, 1.165) is 12.8 Å². The number of aliphatic carboxylic acids is 1. The number of hydrogen-bond donors (Lipinski definition) is 2. The van der Waals surface area contributed by atoms with Crippen molar-refractivity contribution in [1.29, 1.82) is 0 Å². The van der Waals surface area contributed by atoms with Crippen LogP contribution in [0.5, 0.6) is 5.75 Å². The third-order valence-corrected chi connectivity index (χ3v) is 6.57. The van der Waals surface area contributed by atoms with Gasteiger partial charge < -0.3 is 19.5 Å². The molecule has 1 amide bonds. The number of ether oxygens (including phenoxy) is 2. The zero-order valence-electron chi connectivity index (χ0n) is 19.2. The molecule has 1 unspecified atom stereocenters. The number of carbonyl (C=O) groups excluding carboxylic acids is 1. The van der Waals surface area contributed by atoms with Crippen molar-refractivity contribution in [3.05, 3.63) is 24.3 Å². The number of nitrogens with one attached hydrogen (secondary N) is 1. The zero-order valence-corrected chi connectivity index (χ0v) is 20.0. The first-order valence-corrected chi connectivity index (χ1v) is 12.4. The highest BCUT2D eigenvalue weighted by atomic mass is 32.2. The second-order valence-electron chi connectivity index (χ2n) is 8.92. The van der Waals surface area contributed by atoms with Crippen LogP contribution in [0.4, 0.5) is 4.79 Å². The lowest BCUT2D eigenvalue weighted by Gasteiger charge is -2.35. The Morgan fingerprint density at radius 2 is 1.78 bits per heavy atom. The largest absolute Gasteiger partial charge is 0.494 e. The van der Waals surface area contributed by atoms with Gasteiger partial charge in [-0.15, -0.1) is 0 Å². The highest BCUT2D eigenvalue weighted by molar-refractivity contribution is 7.89. The van der Waals surface area contributed by atoms with Crippen LogP contribution in [0.15, 0.2) is 29.2 Å². The minimum atomic E-state index is -4.04. The van der Waals surface area contributed by atoms with Crippen molar-refractivity contribution in [3.8, 4) is 5.75 Å². The van der Waals surface area contributed by atoms with Gasteiger partial charge in [-0.05, 0) is 70.2 Å². The van der Waals surface area contributed by atoms with Gasteiger partial charge in [-0.1, -0.05) is 13.3 Å². The molecule has 0 radical (unpaired) electrons. The summed E-state index contributed by atoms with van der Waals surface area (Å²) in [5.41, 5.74) is -0.621. The Bertz CT molecular complexity index is 871. The molecule has 1 aliphatic rings. The predicted octanol–water partition coefficient (Wildman–Crippen LogP) is 3.24. The third kappa shape index (κ3) is 7.67. The number of unbranched alkanes of at least 4 members (excludes halogenated alkanes) is 1. The molecule has 0 saturated carbocycles. The normalized spacial score (nSPS) is 16.4. The molecule has 32 heavy (non-hydrogen) atoms. The van der Waals surface area contributed by atoms with E-state index >= 15 is 0 Å². The number of carboxylic acid groups (broad SMARTS) is 1. The van der Waals surface area contributed by atoms with Gasteiger partial charge in [0.25, 0.3) is 0 Å². The van der Waals surface area contributed by atoms with E-state index in [-0.39, 0.29) is 4.90 Å². The summed E-state index contributed by atoms with van der Waals surface area (Å²) in [7, 11) is -4.04. The Morgan fingerprint density at radius 1 is 1.19 bits per heavy atom. The average molecular weight is 471 g/mol. The number of rotatable bonds is 9. The number of amides is 1. The van der Waals surface area contributed by atoms with Crippen LogP contribution in [0.1, 0.15) is 53.4 Å². The first-order chi connectivity index (χ1) is 14.9. The first-order valence-electron chi connectivity index (χ1n) is 10.9. The highest BCUT2D eigenvalue weighted by Crippen LogP contribution is 2.24. The standard InChI is InChI=1S/C22H34N2O7S/c1-5-6-15-30-17-7-9-18(10-8-17)32(28,29)23-19(20(25)26)16-11-13-24(14-12-16)21(27)31-22(2,3)4/h7-10,16,19,23H,5-6,11-15H2,1-4H3,(H,25,26). The van der Waals surface area contributed by atoms with Crippen molar-refractivity contribution in [3.63, 3.8) is 0 Å². The van der Waals surface area contributed by atoms with Gasteiger partial charge in [0.1, 0.15) is 17.4 Å². The van der Waals surface area contributed by atoms with Gasteiger partial charge >= 0.3 is 12.1 Å². The molecule has 1 fully saturated rings. The summed E-state index contributed by atoms with van der Waals surface area (Å²) in [5, 5.41) is 9.68. The van der Waals surface area contributed by atoms with Gasteiger partial charge in [-0.2, -0.15) is 4.72 Å². The molecule has 1 aliphatic heterocycles. The van der Waals surface area contributed by atoms with Crippen LogP contribution in [-0.4, -0.2) is 61.8 Å². The van der Waals surface area contributed by atoms with Crippen LogP contribution in [0.2, 0.25) is 0 Å². The summed E-state index contributed by atoms with van der Waals surface area (Å²) < 4.78 is 38.8. The molecule has 0 aliphatic carbocycles. The van der Waals surface area contributed by atoms with E-state index in [1.807, 2.05) is 6.92 Å². The molecule has 9 nitrogen and oxygen atoms in total. The van der Waals surface area contributed by atoms with E-state index in [0.29, 0.717) is 38.3 Å². The Morgan fingerprint density at radius 3 is 2.28 bits per heavy atom. The number of benzene rings is 1. The maximum atomic E-state index is 12.8. The first kappa shape index (κ1) is 25.9. The SMILES string of the molecule is CCCCOc1ccc(S(=O)(=O)NC(C(=O)O)C2CCN(C(=O)OC(C)(C)C)CC2)cc1. The number of carboxylic acids is 1. The molecule has 1 aromatic carbocycles. The van der Waals surface area contributed by atoms with Crippen molar-refractivity contribution in [2.75, 3.05) is 19.7 Å². The highest BCUT2D eigenvalue weighted by Gasteiger charge is 2.36. The Labute approximate surface area is 190 Å². The van der Waals surface area contributed by atoms with Crippen molar-refractivity contribution >= 4 is 22.1 Å². The summed E-state index contributed by atoms with van der Waals surface area (Å²) in [6.45, 7) is 8.52. The smallest absolute Gasteiger partial charge is 0.410 e. The Balaban J connectivity index is 2.01. The minimum absolute atomic E-state index is 0.0298. The van der Waals surface area contributed by atoms with Gasteiger partial charge in [-0.25, -0.2) is 13.2 Å². The van der Waals surface area contributed by atoms with Crippen LogP contribution in [0.3, 0.4) is 0 Å². The summed E-state index contributed by atoms with van der Waals surface area (Å²) in [6.07, 6.45) is 2.13. The molecular weight excluding hydrogens is 436 g/mol. The van der Waals surface area contributed by atoms with Crippen LogP contribution < -0.4 is 9.46 Å². The van der Waals surface area contributed by atoms with Gasteiger partial charge in [-0.3, -0.25) is 4.79 Å². The molecule has 10 heteroatoms. The number of carbonyl (C=O) groups is 2. The maximum absolute atomic E-state index is 12.8. The Hall–Kier alpha value is -2.33. The monoisotopic (exact) mass is 470 g/mol. The van der Waals surface area contributed by atoms with Crippen LogP contribution in [-0.2, 0) is 19.6 Å². The molecule has 0 bridgehead atoms. The second kappa shape index (κ2) is 11.0. The molecule has 1 saturated heterocycles. The lowest BCUT2D eigenvalue weighted by atomic mass is 9.90. The van der Waals surface area contributed by atoms with Crippen LogP contribution >= 0.6 is 0 Å². The number of nitrogens with zero attached hydrogens (tertiary/aromatic N) is 1. The lowest BCUT2D eigenvalue weighted by Crippen LogP contribution is -2.50. The fourth-order valence-electron chi connectivity index (χ4n) is 3.37. The van der Waals surface area contributed by atoms with Gasteiger partial charge in [0.2, 0.25) is 10.0 Å². The number of piperidine rings is 1. The second-order valence-corrected chi connectivity index (χ2v) is 10.6. The summed E-state index contributed by atoms with van der Waals surface area (Å²) >= 11 is 0. The molecular formula is C22H34N2O7S. The van der Waals surface area contributed by atoms with E-state index in [9.17, 15) is 23.1 Å². The molecule has 2 N–H and O–H groups in total. The van der Waals surface area contributed by atoms with E-state index in [1.165, 1.54) is 17.0 Å². The van der Waals surface area contributed by atoms with E-state index in [2.05, 4.69) is 4.72 Å². The molecule has 0 aromatic heterocycles. The summed E-state index contributed by atoms with van der Waals surface area (Å²) in [5.74, 6) is -1.14. The quantitative estimate of drug-likeness (QED) is 0.531. The van der Waals surface area contributed by atoms with E-state index in [1.54, 1.807) is 32.9 Å². The molecule has 180 valence electrons. The number of hydrogen-bond acceptors (Lipinski definition) is 6. The molecule has 1 aromatic rings. The van der Waals surface area contributed by atoms with Crippen molar-refractivity contribution < 1.29 is 32.6 Å². The molecule has 1 heterocycles. The van der Waals surface area contributed by atoms with Crippen molar-refractivity contribution in [1.82, 2.24) is 9.62 Å². The lowest BCUT2D eigenvalue weighted by molar-refractivity contribution is -0.140. The van der Waals surface area contributed by atoms with Crippen LogP contribution in [0.25, 0.3) is 0 Å². The topological polar surface area (TPSA) is 122 Å². The molecule has 1 atom stereocenters. The van der Waals surface area contributed by atoms with Gasteiger partial charge in [0.15, 0.2) is 0 Å². The number of sulfonamides is 1. The fraction of sp³-hybridized carbons (Fsp3) is 0.636. The third-order valence-electron chi connectivity index (χ3n) is 5.11. The predicted molar refractivity (Wildman–Crippen MR) is 119 cm³/mol. The van der Waals surface area contributed by atoms with Gasteiger partial charge in [0.05, 0.1) is 11.5 Å². The van der Waals surface area contributed by atoms with E-state index in [4.69, 9.17) is 9.47 Å². The number of likely N-dealkylation sites (tertiary alicyclic amines) is 1. The summed E-state index contributed by atoms with van der Waals surface area (Å²) in [6, 6.07) is 4.61. The molecule has 0 spiro atoms. The van der Waals surface area contributed by atoms with Gasteiger partial charge in [0, 0.05) is 13.1 Å². The van der Waals surface area contributed by atoms with E-state index < -0.39 is 39.6 Å². The minimum Gasteiger partial charge on any atom is -0.494 e. The molecule has 2 rings (SSSR count). The average Bonchev–Trinajstić information content (AvgIpc) is 2.71. The fourth-order valence-corrected chi connectivity index (χ4v) is 4.63. The van der Waals surface area contributed by atoms with Crippen molar-refractivity contribution in [2.24, 2.45) is 5.92 Å².